The monoisotopic (exact) mass is 328 g/mol. The predicted molar refractivity (Wildman–Crippen MR) is 81.7 cm³/mol. The molecule has 0 bridgehead atoms. The summed E-state index contributed by atoms with van der Waals surface area (Å²) in [6.07, 6.45) is 2.73. The molecule has 7 nitrogen and oxygen atoms in total. The average Bonchev–Trinajstić information content (AvgIpc) is 3.09. The first-order valence-corrected chi connectivity index (χ1v) is 7.01. The second kappa shape index (κ2) is 6.86. The number of benzene rings is 1. The van der Waals surface area contributed by atoms with E-state index in [0.717, 1.165) is 5.56 Å². The van der Waals surface area contributed by atoms with Gasteiger partial charge in [0.1, 0.15) is 11.5 Å². The number of nitrogens with one attached hydrogen (secondary N) is 1. The highest BCUT2D eigenvalue weighted by atomic mass is 19.1. The Kier molecular flexibility index (Phi) is 4.46. The van der Waals surface area contributed by atoms with Gasteiger partial charge in [-0.15, -0.1) is 0 Å². The van der Waals surface area contributed by atoms with Gasteiger partial charge in [-0.1, -0.05) is 5.16 Å². The Morgan fingerprint density at radius 2 is 1.96 bits per heavy atom. The molecule has 2 aromatic heterocycles. The molecule has 24 heavy (non-hydrogen) atoms. The summed E-state index contributed by atoms with van der Waals surface area (Å²) in [6, 6.07) is 7.75. The van der Waals surface area contributed by atoms with E-state index < -0.39 is 0 Å². The lowest BCUT2D eigenvalue weighted by Gasteiger charge is -2.02. The Bertz CT molecular complexity index is 831. The van der Waals surface area contributed by atoms with Gasteiger partial charge in [0.25, 0.3) is 5.91 Å². The van der Waals surface area contributed by atoms with Crippen molar-refractivity contribution in [3.05, 3.63) is 59.9 Å². The predicted octanol–water partition coefficient (Wildman–Crippen LogP) is 2.21. The number of aromatic nitrogens is 3. The van der Waals surface area contributed by atoms with E-state index in [4.69, 9.17) is 9.26 Å². The third kappa shape index (κ3) is 3.54. The number of hydrogen-bond acceptors (Lipinski definition) is 6. The summed E-state index contributed by atoms with van der Waals surface area (Å²) >= 11 is 0. The summed E-state index contributed by atoms with van der Waals surface area (Å²) in [5, 5.41) is 6.57. The Balaban J connectivity index is 1.62. The van der Waals surface area contributed by atoms with Crippen LogP contribution in [0.2, 0.25) is 0 Å². The number of carbonyl (C=O) groups is 1. The van der Waals surface area contributed by atoms with Crippen LogP contribution in [0, 0.1) is 5.82 Å². The molecule has 0 aliphatic carbocycles. The number of hydrogen-bond donors (Lipinski definition) is 1. The Hall–Kier alpha value is -3.29. The average molecular weight is 328 g/mol. The third-order valence-corrected chi connectivity index (χ3v) is 3.20. The summed E-state index contributed by atoms with van der Waals surface area (Å²) in [7, 11) is 1.44. The number of methoxy groups -OCH3 is 1. The van der Waals surface area contributed by atoms with Gasteiger partial charge in [-0.25, -0.2) is 14.4 Å². The zero-order valence-electron chi connectivity index (χ0n) is 12.7. The van der Waals surface area contributed by atoms with Gasteiger partial charge in [0.15, 0.2) is 5.76 Å². The highest BCUT2D eigenvalue weighted by molar-refractivity contribution is 5.93. The normalized spacial score (nSPS) is 10.4. The number of amides is 1. The molecule has 1 amide bonds. The van der Waals surface area contributed by atoms with Crippen LogP contribution in [0.15, 0.2) is 47.2 Å². The molecule has 0 aliphatic heterocycles. The Morgan fingerprint density at radius 1 is 1.25 bits per heavy atom. The molecule has 1 N–H and O–H groups in total. The second-order valence-electron chi connectivity index (χ2n) is 4.83. The molecule has 0 spiro atoms. The molecular formula is C16H13FN4O3. The van der Waals surface area contributed by atoms with Gasteiger partial charge in [-0.2, -0.15) is 0 Å². The van der Waals surface area contributed by atoms with Crippen LogP contribution >= 0.6 is 0 Å². The molecule has 3 rings (SSSR count). The van der Waals surface area contributed by atoms with Gasteiger partial charge in [0.05, 0.1) is 19.2 Å². The van der Waals surface area contributed by atoms with Gasteiger partial charge < -0.3 is 14.6 Å². The molecule has 0 unspecified atom stereocenters. The second-order valence-corrected chi connectivity index (χ2v) is 4.83. The number of halogens is 1. The number of carbonyl (C=O) groups excluding carboxylic acids is 1. The highest BCUT2D eigenvalue weighted by Gasteiger charge is 2.10. The summed E-state index contributed by atoms with van der Waals surface area (Å²) in [5.74, 6) is -0.203. The van der Waals surface area contributed by atoms with Gasteiger partial charge in [0, 0.05) is 24.0 Å². The highest BCUT2D eigenvalue weighted by Crippen LogP contribution is 2.19. The standard InChI is InChI=1S/C16H13FN4O3/c1-23-16-19-7-11(8-20-16)15(22)18-9-13-6-14(21-24-13)10-2-4-12(17)5-3-10/h2-8H,9H2,1H3,(H,18,22). The molecule has 0 atom stereocenters. The fourth-order valence-corrected chi connectivity index (χ4v) is 1.96. The van der Waals surface area contributed by atoms with Crippen molar-refractivity contribution >= 4 is 5.91 Å². The van der Waals surface area contributed by atoms with Gasteiger partial charge in [-0.3, -0.25) is 4.79 Å². The summed E-state index contributed by atoms with van der Waals surface area (Å²) < 4.78 is 22.9. The van der Waals surface area contributed by atoms with E-state index in [1.165, 1.54) is 31.6 Å². The molecule has 2 heterocycles. The lowest BCUT2D eigenvalue weighted by Crippen LogP contribution is -2.22. The van der Waals surface area contributed by atoms with E-state index in [1.807, 2.05) is 0 Å². The molecule has 122 valence electrons. The van der Waals surface area contributed by atoms with Crippen molar-refractivity contribution in [3.8, 4) is 17.3 Å². The summed E-state index contributed by atoms with van der Waals surface area (Å²) in [4.78, 5) is 19.7. The van der Waals surface area contributed by atoms with E-state index in [1.54, 1.807) is 18.2 Å². The van der Waals surface area contributed by atoms with Gasteiger partial charge >= 0.3 is 6.01 Å². The van der Waals surface area contributed by atoms with E-state index in [0.29, 0.717) is 17.0 Å². The van der Waals surface area contributed by atoms with Crippen LogP contribution in [-0.2, 0) is 6.54 Å². The molecular weight excluding hydrogens is 315 g/mol. The van der Waals surface area contributed by atoms with Gasteiger partial charge in [-0.05, 0) is 24.3 Å². The molecule has 0 fully saturated rings. The molecule has 8 heteroatoms. The lowest BCUT2D eigenvalue weighted by atomic mass is 10.1. The first-order valence-electron chi connectivity index (χ1n) is 7.01. The van der Waals surface area contributed by atoms with Crippen LogP contribution in [0.4, 0.5) is 4.39 Å². The van der Waals surface area contributed by atoms with E-state index in [9.17, 15) is 9.18 Å². The number of rotatable bonds is 5. The molecule has 0 radical (unpaired) electrons. The fraction of sp³-hybridized carbons (Fsp3) is 0.125. The van der Waals surface area contributed by atoms with Crippen molar-refractivity contribution in [2.45, 2.75) is 6.54 Å². The van der Waals surface area contributed by atoms with Crippen molar-refractivity contribution < 1.29 is 18.4 Å². The van der Waals surface area contributed by atoms with Crippen molar-refractivity contribution in [3.63, 3.8) is 0 Å². The topological polar surface area (TPSA) is 90.1 Å². The van der Waals surface area contributed by atoms with Crippen molar-refractivity contribution in [2.24, 2.45) is 0 Å². The zero-order chi connectivity index (χ0) is 16.9. The maximum absolute atomic E-state index is 12.9. The van der Waals surface area contributed by atoms with Crippen LogP contribution in [0.3, 0.4) is 0 Å². The first-order chi connectivity index (χ1) is 11.7. The smallest absolute Gasteiger partial charge is 0.316 e. The largest absolute Gasteiger partial charge is 0.467 e. The molecule has 1 aromatic carbocycles. The van der Waals surface area contributed by atoms with Gasteiger partial charge in [0.2, 0.25) is 0 Å². The van der Waals surface area contributed by atoms with Crippen LogP contribution in [-0.4, -0.2) is 28.1 Å². The minimum atomic E-state index is -0.350. The zero-order valence-corrected chi connectivity index (χ0v) is 12.7. The van der Waals surface area contributed by atoms with E-state index in [-0.39, 0.29) is 24.3 Å². The summed E-state index contributed by atoms with van der Waals surface area (Å²) in [5.41, 5.74) is 1.59. The van der Waals surface area contributed by atoms with E-state index >= 15 is 0 Å². The van der Waals surface area contributed by atoms with Crippen LogP contribution in [0.25, 0.3) is 11.3 Å². The lowest BCUT2D eigenvalue weighted by molar-refractivity contribution is 0.0946. The number of nitrogens with zero attached hydrogens (tertiary/aromatic N) is 3. The third-order valence-electron chi connectivity index (χ3n) is 3.20. The molecule has 0 saturated carbocycles. The van der Waals surface area contributed by atoms with E-state index in [2.05, 4.69) is 20.4 Å². The number of ether oxygens (including phenoxy) is 1. The Morgan fingerprint density at radius 3 is 2.62 bits per heavy atom. The fourth-order valence-electron chi connectivity index (χ4n) is 1.96. The quantitative estimate of drug-likeness (QED) is 0.772. The van der Waals surface area contributed by atoms with Crippen molar-refractivity contribution in [1.29, 1.82) is 0 Å². The Labute approximate surface area is 136 Å². The van der Waals surface area contributed by atoms with Crippen molar-refractivity contribution in [1.82, 2.24) is 20.4 Å². The minimum Gasteiger partial charge on any atom is -0.467 e. The maximum Gasteiger partial charge on any atom is 0.316 e. The van der Waals surface area contributed by atoms with Crippen molar-refractivity contribution in [2.75, 3.05) is 7.11 Å². The SMILES string of the molecule is COc1ncc(C(=O)NCc2cc(-c3ccc(F)cc3)no2)cn1. The van der Waals surface area contributed by atoms with Crippen LogP contribution < -0.4 is 10.1 Å². The van der Waals surface area contributed by atoms with Crippen LogP contribution in [0.1, 0.15) is 16.1 Å². The maximum atomic E-state index is 12.9. The molecule has 0 aliphatic rings. The first kappa shape index (κ1) is 15.6. The molecule has 3 aromatic rings. The van der Waals surface area contributed by atoms with Crippen LogP contribution in [0.5, 0.6) is 6.01 Å². The minimum absolute atomic E-state index is 0.152. The summed E-state index contributed by atoms with van der Waals surface area (Å²) in [6.45, 7) is 0.152. The molecule has 0 saturated heterocycles.